The van der Waals surface area contributed by atoms with Crippen LogP contribution in [0.4, 0.5) is 10.1 Å². The van der Waals surface area contributed by atoms with Gasteiger partial charge in [0.05, 0.1) is 5.69 Å². The molecule has 1 aliphatic heterocycles. The van der Waals surface area contributed by atoms with Crippen molar-refractivity contribution >= 4 is 40.7 Å². The van der Waals surface area contributed by atoms with Gasteiger partial charge in [-0.3, -0.25) is 9.59 Å². The van der Waals surface area contributed by atoms with Gasteiger partial charge in [-0.1, -0.05) is 11.6 Å². The van der Waals surface area contributed by atoms with Crippen LogP contribution in [0.3, 0.4) is 0 Å². The van der Waals surface area contributed by atoms with Crippen LogP contribution < -0.4 is 5.32 Å². The third kappa shape index (κ3) is 2.51. The average molecular weight is 336 g/mol. The molecule has 1 aliphatic rings. The number of amides is 1. The summed E-state index contributed by atoms with van der Waals surface area (Å²) >= 11 is 7.47. The molecule has 0 aromatic heterocycles. The Bertz CT molecular complexity index is 776. The SMILES string of the molecule is CSC1C(=O)Nc2c(C(=O)c3ccc(F)cc3)cc(Cl)cc21. The molecular weight excluding hydrogens is 325 g/mol. The first kappa shape index (κ1) is 15.1. The van der Waals surface area contributed by atoms with Crippen molar-refractivity contribution in [3.8, 4) is 0 Å². The van der Waals surface area contributed by atoms with E-state index in [0.717, 1.165) is 0 Å². The lowest BCUT2D eigenvalue weighted by Gasteiger charge is -2.09. The van der Waals surface area contributed by atoms with E-state index in [1.165, 1.54) is 42.1 Å². The van der Waals surface area contributed by atoms with Crippen molar-refractivity contribution in [1.29, 1.82) is 0 Å². The first-order valence-electron chi connectivity index (χ1n) is 6.48. The van der Waals surface area contributed by atoms with Crippen molar-refractivity contribution in [2.45, 2.75) is 5.25 Å². The first-order chi connectivity index (χ1) is 10.5. The topological polar surface area (TPSA) is 46.2 Å². The fourth-order valence-electron chi connectivity index (χ4n) is 2.47. The van der Waals surface area contributed by atoms with E-state index in [1.54, 1.807) is 6.07 Å². The maximum Gasteiger partial charge on any atom is 0.242 e. The Morgan fingerprint density at radius 3 is 2.59 bits per heavy atom. The molecule has 0 saturated heterocycles. The van der Waals surface area contributed by atoms with Gasteiger partial charge in [0.25, 0.3) is 0 Å². The van der Waals surface area contributed by atoms with Crippen molar-refractivity contribution in [2.75, 3.05) is 11.6 Å². The minimum absolute atomic E-state index is 0.169. The van der Waals surface area contributed by atoms with Crippen LogP contribution in [0.15, 0.2) is 36.4 Å². The van der Waals surface area contributed by atoms with Crippen LogP contribution in [0.25, 0.3) is 0 Å². The summed E-state index contributed by atoms with van der Waals surface area (Å²) in [5.41, 5.74) is 1.85. The summed E-state index contributed by atoms with van der Waals surface area (Å²) < 4.78 is 13.0. The molecule has 0 aliphatic carbocycles. The van der Waals surface area contributed by atoms with E-state index in [4.69, 9.17) is 11.6 Å². The molecule has 1 atom stereocenters. The predicted molar refractivity (Wildman–Crippen MR) is 86.2 cm³/mol. The lowest BCUT2D eigenvalue weighted by molar-refractivity contribution is -0.115. The van der Waals surface area contributed by atoms with Crippen LogP contribution in [0.1, 0.15) is 26.7 Å². The van der Waals surface area contributed by atoms with Gasteiger partial charge in [-0.25, -0.2) is 4.39 Å². The maximum absolute atomic E-state index is 13.0. The predicted octanol–water partition coefficient (Wildman–Crippen LogP) is 4.07. The zero-order chi connectivity index (χ0) is 15.9. The second-order valence-corrected chi connectivity index (χ2v) is 6.24. The van der Waals surface area contributed by atoms with Gasteiger partial charge in [0.2, 0.25) is 5.91 Å². The number of anilines is 1. The Morgan fingerprint density at radius 1 is 1.27 bits per heavy atom. The van der Waals surface area contributed by atoms with Crippen LogP contribution in [0.5, 0.6) is 0 Å². The molecule has 6 heteroatoms. The monoisotopic (exact) mass is 335 g/mol. The summed E-state index contributed by atoms with van der Waals surface area (Å²) in [7, 11) is 0. The smallest absolute Gasteiger partial charge is 0.242 e. The highest BCUT2D eigenvalue weighted by Crippen LogP contribution is 2.42. The Kier molecular flexibility index (Phi) is 3.93. The highest BCUT2D eigenvalue weighted by molar-refractivity contribution is 7.99. The van der Waals surface area contributed by atoms with Crippen molar-refractivity contribution < 1.29 is 14.0 Å². The molecule has 0 fully saturated rings. The number of ketones is 1. The number of fused-ring (bicyclic) bond motifs is 1. The molecule has 3 rings (SSSR count). The van der Waals surface area contributed by atoms with Gasteiger partial charge in [-0.15, -0.1) is 11.8 Å². The molecular formula is C16H11ClFNO2S. The van der Waals surface area contributed by atoms with Gasteiger partial charge in [0, 0.05) is 21.7 Å². The van der Waals surface area contributed by atoms with Crippen molar-refractivity contribution in [3.63, 3.8) is 0 Å². The molecule has 1 amide bonds. The van der Waals surface area contributed by atoms with E-state index in [9.17, 15) is 14.0 Å². The standard InChI is InChI=1S/C16H11ClFNO2S/c1-22-15-12-7-9(17)6-11(13(12)19-16(15)21)14(20)8-2-4-10(18)5-3-8/h2-7,15H,1H3,(H,19,21). The number of thioether (sulfide) groups is 1. The number of halogens is 2. The number of hydrogen-bond acceptors (Lipinski definition) is 3. The minimum Gasteiger partial charge on any atom is -0.324 e. The van der Waals surface area contributed by atoms with E-state index in [2.05, 4.69) is 5.32 Å². The van der Waals surface area contributed by atoms with Gasteiger partial charge in [-0.05, 0) is 42.7 Å². The molecule has 22 heavy (non-hydrogen) atoms. The molecule has 3 nitrogen and oxygen atoms in total. The second kappa shape index (κ2) is 5.74. The highest BCUT2D eigenvalue weighted by Gasteiger charge is 2.33. The molecule has 0 saturated carbocycles. The number of rotatable bonds is 3. The zero-order valence-electron chi connectivity index (χ0n) is 11.5. The van der Waals surface area contributed by atoms with Gasteiger partial charge in [0.15, 0.2) is 5.78 Å². The molecule has 1 heterocycles. The molecule has 2 aromatic rings. The fourth-order valence-corrected chi connectivity index (χ4v) is 3.41. The van der Waals surface area contributed by atoms with Crippen LogP contribution in [-0.2, 0) is 4.79 Å². The molecule has 2 aromatic carbocycles. The van der Waals surface area contributed by atoms with Gasteiger partial charge < -0.3 is 5.32 Å². The largest absolute Gasteiger partial charge is 0.324 e. The van der Waals surface area contributed by atoms with Gasteiger partial charge in [0.1, 0.15) is 11.1 Å². The lowest BCUT2D eigenvalue weighted by Crippen LogP contribution is -2.10. The second-order valence-electron chi connectivity index (χ2n) is 4.86. The molecule has 0 bridgehead atoms. The quantitative estimate of drug-likeness (QED) is 0.860. The van der Waals surface area contributed by atoms with E-state index in [0.29, 0.717) is 27.4 Å². The van der Waals surface area contributed by atoms with Crippen LogP contribution in [0, 0.1) is 5.82 Å². The van der Waals surface area contributed by atoms with Crippen LogP contribution in [0.2, 0.25) is 5.02 Å². The van der Waals surface area contributed by atoms with E-state index >= 15 is 0 Å². The third-order valence-electron chi connectivity index (χ3n) is 3.49. The first-order valence-corrected chi connectivity index (χ1v) is 8.15. The number of benzene rings is 2. The summed E-state index contributed by atoms with van der Waals surface area (Å²) in [6.45, 7) is 0. The van der Waals surface area contributed by atoms with E-state index in [1.807, 2.05) is 6.26 Å². The maximum atomic E-state index is 13.0. The van der Waals surface area contributed by atoms with Crippen molar-refractivity contribution in [1.82, 2.24) is 0 Å². The molecule has 0 radical (unpaired) electrons. The minimum atomic E-state index is -0.413. The number of carbonyl (C=O) groups excluding carboxylic acids is 2. The van der Waals surface area contributed by atoms with Gasteiger partial charge in [-0.2, -0.15) is 0 Å². The Balaban J connectivity index is 2.11. The van der Waals surface area contributed by atoms with Crippen LogP contribution >= 0.6 is 23.4 Å². The summed E-state index contributed by atoms with van der Waals surface area (Å²) in [6.07, 6.45) is 1.82. The molecule has 1 unspecified atom stereocenters. The normalized spacial score (nSPS) is 16.3. The third-order valence-corrected chi connectivity index (χ3v) is 4.65. The summed E-state index contributed by atoms with van der Waals surface area (Å²) in [5.74, 6) is -0.887. The van der Waals surface area contributed by atoms with Gasteiger partial charge >= 0.3 is 0 Å². The summed E-state index contributed by atoms with van der Waals surface area (Å²) in [6, 6.07) is 8.48. The highest BCUT2D eigenvalue weighted by atomic mass is 35.5. The Hall–Kier alpha value is -1.85. The Labute approximate surface area is 135 Å². The number of carbonyl (C=O) groups is 2. The summed E-state index contributed by atoms with van der Waals surface area (Å²) in [4.78, 5) is 24.6. The van der Waals surface area contributed by atoms with Crippen molar-refractivity contribution in [3.05, 3.63) is 63.9 Å². The Morgan fingerprint density at radius 2 is 1.95 bits per heavy atom. The summed E-state index contributed by atoms with van der Waals surface area (Å²) in [5, 5.41) is 2.75. The zero-order valence-corrected chi connectivity index (χ0v) is 13.1. The van der Waals surface area contributed by atoms with Crippen LogP contribution in [-0.4, -0.2) is 17.9 Å². The number of nitrogens with one attached hydrogen (secondary N) is 1. The fraction of sp³-hybridized carbons (Fsp3) is 0.125. The average Bonchev–Trinajstić information content (AvgIpc) is 2.81. The van der Waals surface area contributed by atoms with Crippen molar-refractivity contribution in [2.24, 2.45) is 0 Å². The van der Waals surface area contributed by atoms with E-state index in [-0.39, 0.29) is 16.9 Å². The molecule has 1 N–H and O–H groups in total. The number of hydrogen-bond donors (Lipinski definition) is 1. The molecule has 0 spiro atoms. The lowest BCUT2D eigenvalue weighted by atomic mass is 9.99. The molecule has 112 valence electrons. The van der Waals surface area contributed by atoms with E-state index < -0.39 is 5.82 Å².